The topological polar surface area (TPSA) is 293 Å². The van der Waals surface area contributed by atoms with Gasteiger partial charge in [0, 0.05) is 31.8 Å². The number of carbonyl (C=O) groups is 10. The largest absolute Gasteiger partial charge is 0.478 e. The zero-order valence-corrected chi connectivity index (χ0v) is 33.8. The second-order valence-electron chi connectivity index (χ2n) is 16.0. The summed E-state index contributed by atoms with van der Waals surface area (Å²) in [6, 6.07) is 4.54. The van der Waals surface area contributed by atoms with Gasteiger partial charge in [0.25, 0.3) is 11.8 Å². The summed E-state index contributed by atoms with van der Waals surface area (Å²) < 4.78 is 0. The van der Waals surface area contributed by atoms with Crippen LogP contribution in [-0.2, 0) is 44.9 Å². The maximum Gasteiger partial charge on any atom is 0.338 e. The van der Waals surface area contributed by atoms with Crippen LogP contribution in [0.15, 0.2) is 48.8 Å². The smallest absolute Gasteiger partial charge is 0.338 e. The van der Waals surface area contributed by atoms with E-state index >= 15 is 0 Å². The van der Waals surface area contributed by atoms with Crippen LogP contribution in [0.4, 0.5) is 0 Å². The molecular formula is C41H52N8O11. The van der Waals surface area contributed by atoms with Crippen molar-refractivity contribution in [3.05, 3.63) is 65.5 Å². The zero-order chi connectivity index (χ0) is 44.1. The fourth-order valence-corrected chi connectivity index (χ4v) is 7.15. The van der Waals surface area contributed by atoms with E-state index < -0.39 is 120 Å². The third-order valence-electron chi connectivity index (χ3n) is 10.4. The highest BCUT2D eigenvalue weighted by molar-refractivity contribution is 6.36. The van der Waals surface area contributed by atoms with Gasteiger partial charge in [-0.1, -0.05) is 70.4 Å². The van der Waals surface area contributed by atoms with E-state index in [4.69, 9.17) is 5.73 Å². The van der Waals surface area contributed by atoms with Crippen molar-refractivity contribution in [2.24, 2.45) is 17.1 Å². The number of rotatable bonds is 18. The standard InChI is InChI=1S/C41H52N8O11/c1-41(2,3)33(39(58)49-22-25(50)18-29(49)37(56)45-21-31(52)47-32(34(42)53)24-12-8-5-9-13-24)48-36(55)28(46-35(54)26-16-17-43-20-27(26)40(59)60)14-15-30(51)38(57)44-19-23-10-6-4-7-11-23/h4,6-7,10-11,16-17,20,24,28-29,32-33H,5,8-9,12-15,18-19,21-22H2,1-3H3,(H2,42,53)(H,44,57)(H,45,56)(H,46,54)(H,47,52)(H,48,55)(H,59,60)/t28-,29-,32?,33+/m0/s1. The minimum absolute atomic E-state index is 0.0445. The Morgan fingerprint density at radius 1 is 0.900 bits per heavy atom. The number of hydrogen-bond acceptors (Lipinski definition) is 11. The molecule has 1 aliphatic heterocycles. The number of hydrogen-bond donors (Lipinski definition) is 7. The molecule has 2 heterocycles. The number of aromatic nitrogens is 1. The number of carboxylic acid groups (broad SMARTS) is 1. The molecule has 1 aromatic carbocycles. The molecule has 1 aliphatic carbocycles. The lowest BCUT2D eigenvalue weighted by molar-refractivity contribution is -0.144. The highest BCUT2D eigenvalue weighted by Gasteiger charge is 2.45. The van der Waals surface area contributed by atoms with Crippen LogP contribution in [0.2, 0.25) is 0 Å². The summed E-state index contributed by atoms with van der Waals surface area (Å²) in [5.41, 5.74) is 4.36. The lowest BCUT2D eigenvalue weighted by Gasteiger charge is -2.36. The van der Waals surface area contributed by atoms with Gasteiger partial charge in [0.2, 0.25) is 35.3 Å². The van der Waals surface area contributed by atoms with Crippen LogP contribution in [0.5, 0.6) is 0 Å². The Morgan fingerprint density at radius 3 is 2.22 bits per heavy atom. The van der Waals surface area contributed by atoms with Crippen LogP contribution in [0.3, 0.4) is 0 Å². The Kier molecular flexibility index (Phi) is 16.1. The van der Waals surface area contributed by atoms with Crippen molar-refractivity contribution in [1.82, 2.24) is 36.5 Å². The fourth-order valence-electron chi connectivity index (χ4n) is 7.15. The zero-order valence-electron chi connectivity index (χ0n) is 33.8. The Bertz CT molecular complexity index is 1980. The van der Waals surface area contributed by atoms with Crippen LogP contribution in [0.1, 0.15) is 98.4 Å². The maximum absolute atomic E-state index is 14.2. The first-order valence-electron chi connectivity index (χ1n) is 19.7. The molecule has 19 nitrogen and oxygen atoms in total. The average molecular weight is 833 g/mol. The summed E-state index contributed by atoms with van der Waals surface area (Å²) in [6.07, 6.45) is 4.91. The van der Waals surface area contributed by atoms with Crippen LogP contribution < -0.4 is 32.3 Å². The predicted octanol–water partition coefficient (Wildman–Crippen LogP) is -0.0886. The highest BCUT2D eigenvalue weighted by atomic mass is 16.4. The van der Waals surface area contributed by atoms with E-state index in [1.165, 1.54) is 0 Å². The first-order valence-corrected chi connectivity index (χ1v) is 19.7. The summed E-state index contributed by atoms with van der Waals surface area (Å²) in [5.74, 6) is -9.06. The maximum atomic E-state index is 14.2. The molecule has 0 bridgehead atoms. The third kappa shape index (κ3) is 12.7. The van der Waals surface area contributed by atoms with E-state index in [1.54, 1.807) is 51.1 Å². The molecule has 1 unspecified atom stereocenters. The molecule has 4 atom stereocenters. The number of pyridine rings is 1. The van der Waals surface area contributed by atoms with Gasteiger partial charge in [-0.2, -0.15) is 0 Å². The minimum atomic E-state index is -1.61. The van der Waals surface area contributed by atoms with E-state index in [2.05, 4.69) is 31.6 Å². The molecule has 1 aromatic heterocycles. The van der Waals surface area contributed by atoms with Crippen molar-refractivity contribution in [1.29, 1.82) is 0 Å². The number of amides is 7. The molecular weight excluding hydrogens is 780 g/mol. The van der Waals surface area contributed by atoms with Crippen molar-refractivity contribution in [2.45, 2.75) is 103 Å². The quantitative estimate of drug-likeness (QED) is 0.0971. The first kappa shape index (κ1) is 46.2. The Balaban J connectivity index is 1.49. The molecule has 2 aliphatic rings. The molecule has 60 heavy (non-hydrogen) atoms. The van der Waals surface area contributed by atoms with Gasteiger partial charge in [-0.05, 0) is 42.2 Å². The Labute approximate surface area is 346 Å². The molecule has 0 radical (unpaired) electrons. The van der Waals surface area contributed by atoms with Gasteiger partial charge >= 0.3 is 5.97 Å². The van der Waals surface area contributed by atoms with E-state index in [-0.39, 0.29) is 24.4 Å². The average Bonchev–Trinajstić information content (AvgIpc) is 3.62. The fraction of sp³-hybridized carbons (Fsp3) is 0.488. The summed E-state index contributed by atoms with van der Waals surface area (Å²) in [4.78, 5) is 135. The number of nitrogens with zero attached hydrogens (tertiary/aromatic N) is 2. The molecule has 2 fully saturated rings. The van der Waals surface area contributed by atoms with Crippen LogP contribution >= 0.6 is 0 Å². The number of carboxylic acids is 1. The Morgan fingerprint density at radius 2 is 1.58 bits per heavy atom. The van der Waals surface area contributed by atoms with E-state index in [0.29, 0.717) is 12.8 Å². The number of primary amides is 1. The normalized spacial score (nSPS) is 17.0. The van der Waals surface area contributed by atoms with Crippen LogP contribution in [0.25, 0.3) is 0 Å². The van der Waals surface area contributed by atoms with Crippen molar-refractivity contribution in [3.63, 3.8) is 0 Å². The Hall–Kier alpha value is -6.53. The molecule has 1 saturated heterocycles. The first-order chi connectivity index (χ1) is 28.4. The third-order valence-corrected chi connectivity index (χ3v) is 10.4. The predicted molar refractivity (Wildman–Crippen MR) is 212 cm³/mol. The number of carbonyl (C=O) groups excluding carboxylic acids is 9. The van der Waals surface area contributed by atoms with Crippen molar-refractivity contribution >= 4 is 58.9 Å². The molecule has 0 spiro atoms. The lowest BCUT2D eigenvalue weighted by Crippen LogP contribution is -2.60. The lowest BCUT2D eigenvalue weighted by atomic mass is 9.83. The number of Topliss-reactive ketones (excluding diaryl/α,β-unsaturated/α-hetero) is 2. The molecule has 2 aromatic rings. The van der Waals surface area contributed by atoms with E-state index in [9.17, 15) is 53.1 Å². The molecule has 1 saturated carbocycles. The second kappa shape index (κ2) is 20.9. The summed E-state index contributed by atoms with van der Waals surface area (Å²) in [5, 5.41) is 22.1. The van der Waals surface area contributed by atoms with Crippen molar-refractivity contribution < 1.29 is 53.1 Å². The molecule has 4 rings (SSSR count). The summed E-state index contributed by atoms with van der Waals surface area (Å²) >= 11 is 0. The number of benzene rings is 1. The number of likely N-dealkylation sites (tertiary alicyclic amines) is 1. The van der Waals surface area contributed by atoms with Gasteiger partial charge in [0.05, 0.1) is 24.2 Å². The van der Waals surface area contributed by atoms with Gasteiger partial charge in [0.15, 0.2) is 5.78 Å². The van der Waals surface area contributed by atoms with Crippen molar-refractivity contribution in [3.8, 4) is 0 Å². The minimum Gasteiger partial charge on any atom is -0.478 e. The number of aromatic carboxylic acids is 1. The number of ketones is 2. The number of nitrogens with one attached hydrogen (secondary N) is 5. The highest BCUT2D eigenvalue weighted by Crippen LogP contribution is 2.27. The molecule has 8 N–H and O–H groups in total. The van der Waals surface area contributed by atoms with Gasteiger partial charge in [-0.3, -0.25) is 48.1 Å². The van der Waals surface area contributed by atoms with Crippen LogP contribution in [0, 0.1) is 11.3 Å². The molecule has 7 amide bonds. The molecule has 19 heteroatoms. The van der Waals surface area contributed by atoms with Gasteiger partial charge in [-0.25, -0.2) is 4.79 Å². The van der Waals surface area contributed by atoms with Gasteiger partial charge in [0.1, 0.15) is 24.2 Å². The SMILES string of the molecule is CC(C)(C)[C@H](NC(=O)[C@H](CCC(=O)C(=O)NCc1ccccc1)NC(=O)c1ccncc1C(=O)O)C(=O)N1CC(=O)C[C@H]1C(=O)NCC(=O)NC(C(N)=O)C1CCCCC1. The van der Waals surface area contributed by atoms with E-state index in [0.717, 1.165) is 48.2 Å². The molecule has 322 valence electrons. The summed E-state index contributed by atoms with van der Waals surface area (Å²) in [7, 11) is 0. The van der Waals surface area contributed by atoms with Crippen LogP contribution in [-0.4, -0.2) is 111 Å². The second-order valence-corrected chi connectivity index (χ2v) is 16.0. The summed E-state index contributed by atoms with van der Waals surface area (Å²) in [6.45, 7) is 3.76. The van der Waals surface area contributed by atoms with E-state index in [1.807, 2.05) is 0 Å². The van der Waals surface area contributed by atoms with Gasteiger partial charge < -0.3 is 42.3 Å². The van der Waals surface area contributed by atoms with Gasteiger partial charge in [-0.15, -0.1) is 0 Å². The monoisotopic (exact) mass is 832 g/mol. The number of nitrogens with two attached hydrogens (primary N) is 1. The van der Waals surface area contributed by atoms with Crippen molar-refractivity contribution in [2.75, 3.05) is 13.1 Å².